The van der Waals surface area contributed by atoms with Crippen molar-refractivity contribution < 1.29 is 9.53 Å². The molecule has 1 fully saturated rings. The van der Waals surface area contributed by atoms with Crippen molar-refractivity contribution in [3.05, 3.63) is 17.5 Å². The molecular weight excluding hydrogens is 344 g/mol. The zero-order valence-electron chi connectivity index (χ0n) is 17.2. The van der Waals surface area contributed by atoms with Crippen LogP contribution in [-0.4, -0.2) is 84.3 Å². The maximum atomic E-state index is 12.3. The Balaban J connectivity index is 1.65. The van der Waals surface area contributed by atoms with Crippen LogP contribution in [0.2, 0.25) is 0 Å². The van der Waals surface area contributed by atoms with E-state index < -0.39 is 5.60 Å². The molecule has 1 amide bonds. The minimum Gasteiger partial charge on any atom is -0.444 e. The molecule has 1 N–H and O–H groups in total. The van der Waals surface area contributed by atoms with Crippen LogP contribution >= 0.6 is 0 Å². The first-order valence-electron chi connectivity index (χ1n) is 9.67. The summed E-state index contributed by atoms with van der Waals surface area (Å²) in [4.78, 5) is 27.9. The quantitative estimate of drug-likeness (QED) is 0.847. The van der Waals surface area contributed by atoms with E-state index in [1.54, 1.807) is 4.90 Å². The van der Waals surface area contributed by atoms with Gasteiger partial charge < -0.3 is 24.8 Å². The largest absolute Gasteiger partial charge is 0.444 e. The number of nitrogens with zero attached hydrogens (tertiary/aromatic N) is 5. The molecule has 2 aliphatic rings. The molecule has 0 saturated carbocycles. The molecule has 3 rings (SSSR count). The highest BCUT2D eigenvalue weighted by atomic mass is 16.6. The van der Waals surface area contributed by atoms with Crippen molar-refractivity contribution in [2.75, 3.05) is 51.7 Å². The number of carbonyl (C=O) groups excluding carboxylic acids is 1. The number of piperazine rings is 1. The fraction of sp³-hybridized carbons (Fsp3) is 0.737. The van der Waals surface area contributed by atoms with Gasteiger partial charge in [0.05, 0.1) is 12.2 Å². The Morgan fingerprint density at radius 2 is 2.15 bits per heavy atom. The van der Waals surface area contributed by atoms with Crippen molar-refractivity contribution in [2.24, 2.45) is 0 Å². The van der Waals surface area contributed by atoms with Crippen LogP contribution in [0.3, 0.4) is 0 Å². The van der Waals surface area contributed by atoms with Gasteiger partial charge in [0.2, 0.25) is 5.95 Å². The summed E-state index contributed by atoms with van der Waals surface area (Å²) in [5.74, 6) is 0.796. The maximum Gasteiger partial charge on any atom is 0.410 e. The van der Waals surface area contributed by atoms with Gasteiger partial charge in [-0.2, -0.15) is 0 Å². The number of likely N-dealkylation sites (N-methyl/N-ethyl adjacent to an activating group) is 1. The van der Waals surface area contributed by atoms with Crippen LogP contribution in [0.4, 0.5) is 10.7 Å². The highest BCUT2D eigenvalue weighted by Gasteiger charge is 2.28. The lowest BCUT2D eigenvalue weighted by molar-refractivity contribution is 0.0222. The predicted molar refractivity (Wildman–Crippen MR) is 105 cm³/mol. The normalized spacial score (nSPS) is 20.6. The summed E-state index contributed by atoms with van der Waals surface area (Å²) in [5, 5.41) is 3.55. The Labute approximate surface area is 161 Å². The Morgan fingerprint density at radius 3 is 2.85 bits per heavy atom. The Morgan fingerprint density at radius 1 is 1.37 bits per heavy atom. The van der Waals surface area contributed by atoms with Gasteiger partial charge in [-0.25, -0.2) is 14.8 Å². The number of hydrogen-bond acceptors (Lipinski definition) is 7. The lowest BCUT2D eigenvalue weighted by atomic mass is 10.1. The van der Waals surface area contributed by atoms with E-state index in [2.05, 4.69) is 34.2 Å². The standard InChI is InChI=1S/C19H32N6O2/c1-19(2,3)27-18(26)25-8-6-16-14(11-25)10-21-17(22-16)24-9-7-20-15(13-24)12-23(4)5/h10,15,20H,6-9,11-13H2,1-5H3/t15-/m0/s1. The van der Waals surface area contributed by atoms with Crippen molar-refractivity contribution in [3.8, 4) is 0 Å². The number of anilines is 1. The van der Waals surface area contributed by atoms with Crippen LogP contribution < -0.4 is 10.2 Å². The van der Waals surface area contributed by atoms with Gasteiger partial charge in [-0.1, -0.05) is 0 Å². The fourth-order valence-corrected chi connectivity index (χ4v) is 3.51. The second-order valence-electron chi connectivity index (χ2n) is 8.65. The van der Waals surface area contributed by atoms with Gasteiger partial charge in [-0.05, 0) is 34.9 Å². The number of rotatable bonds is 3. The topological polar surface area (TPSA) is 73.8 Å². The maximum absolute atomic E-state index is 12.3. The molecule has 0 unspecified atom stereocenters. The van der Waals surface area contributed by atoms with Crippen molar-refractivity contribution in [1.29, 1.82) is 0 Å². The molecule has 8 heteroatoms. The monoisotopic (exact) mass is 376 g/mol. The van der Waals surface area contributed by atoms with Crippen molar-refractivity contribution in [2.45, 2.75) is 45.4 Å². The van der Waals surface area contributed by atoms with Gasteiger partial charge in [-0.15, -0.1) is 0 Å². The van der Waals surface area contributed by atoms with Crippen LogP contribution in [0.25, 0.3) is 0 Å². The smallest absolute Gasteiger partial charge is 0.410 e. The molecule has 0 radical (unpaired) electrons. The van der Waals surface area contributed by atoms with E-state index >= 15 is 0 Å². The molecule has 0 aromatic carbocycles. The van der Waals surface area contributed by atoms with Gasteiger partial charge in [0.25, 0.3) is 0 Å². The van der Waals surface area contributed by atoms with Gasteiger partial charge in [0.15, 0.2) is 0 Å². The molecule has 3 heterocycles. The minimum absolute atomic E-state index is 0.272. The summed E-state index contributed by atoms with van der Waals surface area (Å²) < 4.78 is 5.48. The molecule has 8 nitrogen and oxygen atoms in total. The van der Waals surface area contributed by atoms with E-state index in [9.17, 15) is 4.79 Å². The predicted octanol–water partition coefficient (Wildman–Crippen LogP) is 1.11. The molecule has 1 atom stereocenters. The zero-order chi connectivity index (χ0) is 19.6. The Hall–Kier alpha value is -1.93. The van der Waals surface area contributed by atoms with Crippen LogP contribution in [0.1, 0.15) is 32.0 Å². The highest BCUT2D eigenvalue weighted by molar-refractivity contribution is 5.68. The third-order valence-electron chi connectivity index (χ3n) is 4.70. The van der Waals surface area contributed by atoms with E-state index in [-0.39, 0.29) is 6.09 Å². The van der Waals surface area contributed by atoms with Crippen LogP contribution in [0.5, 0.6) is 0 Å². The molecule has 27 heavy (non-hydrogen) atoms. The molecule has 1 aromatic rings. The van der Waals surface area contributed by atoms with Crippen LogP contribution in [0.15, 0.2) is 6.20 Å². The number of fused-ring (bicyclic) bond motifs is 1. The Bertz CT molecular complexity index is 673. The van der Waals surface area contributed by atoms with Gasteiger partial charge in [0, 0.05) is 56.9 Å². The van der Waals surface area contributed by atoms with E-state index in [1.807, 2.05) is 27.0 Å². The van der Waals surface area contributed by atoms with Gasteiger partial charge in [0.1, 0.15) is 5.60 Å². The lowest BCUT2D eigenvalue weighted by Crippen LogP contribution is -2.54. The molecule has 0 aliphatic carbocycles. The molecule has 1 saturated heterocycles. The second-order valence-corrected chi connectivity index (χ2v) is 8.65. The Kier molecular flexibility index (Phi) is 5.86. The first kappa shape index (κ1) is 19.8. The number of ether oxygens (including phenoxy) is 1. The average molecular weight is 377 g/mol. The minimum atomic E-state index is -0.483. The summed E-state index contributed by atoms with van der Waals surface area (Å²) in [6.45, 7) is 10.5. The van der Waals surface area contributed by atoms with Crippen molar-refractivity contribution >= 4 is 12.0 Å². The molecule has 150 valence electrons. The second kappa shape index (κ2) is 7.98. The third-order valence-corrected chi connectivity index (χ3v) is 4.70. The van der Waals surface area contributed by atoms with Crippen LogP contribution in [-0.2, 0) is 17.7 Å². The van der Waals surface area contributed by atoms with Crippen molar-refractivity contribution in [1.82, 2.24) is 25.1 Å². The van der Waals surface area contributed by atoms with E-state index in [0.717, 1.165) is 49.8 Å². The SMILES string of the molecule is CN(C)C[C@H]1CN(c2ncc3c(n2)CCN(C(=O)OC(C)(C)C)C3)CCN1. The number of hydrogen-bond donors (Lipinski definition) is 1. The summed E-state index contributed by atoms with van der Waals surface area (Å²) in [6.07, 6.45) is 2.33. The van der Waals surface area contributed by atoms with Crippen LogP contribution in [0, 0.1) is 0 Å². The number of aromatic nitrogens is 2. The summed E-state index contributed by atoms with van der Waals surface area (Å²) >= 11 is 0. The molecule has 1 aromatic heterocycles. The lowest BCUT2D eigenvalue weighted by Gasteiger charge is -2.35. The zero-order valence-corrected chi connectivity index (χ0v) is 17.2. The number of nitrogens with one attached hydrogen (secondary N) is 1. The first-order chi connectivity index (χ1) is 12.7. The molecule has 0 bridgehead atoms. The fourth-order valence-electron chi connectivity index (χ4n) is 3.51. The summed E-state index contributed by atoms with van der Waals surface area (Å²) in [6, 6.07) is 0.413. The molecule has 2 aliphatic heterocycles. The van der Waals surface area contributed by atoms with E-state index in [0.29, 0.717) is 19.1 Å². The summed E-state index contributed by atoms with van der Waals surface area (Å²) in [5.41, 5.74) is 1.57. The van der Waals surface area contributed by atoms with Gasteiger partial charge in [-0.3, -0.25) is 0 Å². The van der Waals surface area contributed by atoms with E-state index in [4.69, 9.17) is 9.72 Å². The number of carbonyl (C=O) groups is 1. The number of amides is 1. The molecular formula is C19H32N6O2. The first-order valence-corrected chi connectivity index (χ1v) is 9.67. The van der Waals surface area contributed by atoms with E-state index in [1.165, 1.54) is 0 Å². The van der Waals surface area contributed by atoms with Gasteiger partial charge >= 0.3 is 6.09 Å². The average Bonchev–Trinajstić information content (AvgIpc) is 2.59. The summed E-state index contributed by atoms with van der Waals surface area (Å²) in [7, 11) is 4.18. The highest BCUT2D eigenvalue weighted by Crippen LogP contribution is 2.21. The molecule has 0 spiro atoms. The van der Waals surface area contributed by atoms with Crippen molar-refractivity contribution in [3.63, 3.8) is 0 Å². The third kappa shape index (κ3) is 5.29.